The van der Waals surface area contributed by atoms with Crippen molar-refractivity contribution in [3.63, 3.8) is 0 Å². The standard InChI is InChI=1S/C14H10BrNO5S/c1-8-2-5-13(22-8)12(17)7-21-14(18)9-3-4-10(15)11(6-9)16(19)20/h2-6H,7H2,1H3. The molecule has 0 aliphatic carbocycles. The van der Waals surface area contributed by atoms with Gasteiger partial charge in [-0.2, -0.15) is 0 Å². The molecule has 1 heterocycles. The predicted molar refractivity (Wildman–Crippen MR) is 84.5 cm³/mol. The highest BCUT2D eigenvalue weighted by molar-refractivity contribution is 9.10. The number of hydrogen-bond acceptors (Lipinski definition) is 6. The highest BCUT2D eigenvalue weighted by Gasteiger charge is 2.18. The molecule has 0 saturated heterocycles. The number of ether oxygens (including phenoxy) is 1. The van der Waals surface area contributed by atoms with Gasteiger partial charge in [0, 0.05) is 10.9 Å². The summed E-state index contributed by atoms with van der Waals surface area (Å²) >= 11 is 4.34. The van der Waals surface area contributed by atoms with E-state index in [9.17, 15) is 19.7 Å². The van der Waals surface area contributed by atoms with E-state index in [0.29, 0.717) is 4.88 Å². The van der Waals surface area contributed by atoms with E-state index >= 15 is 0 Å². The number of thiophene rings is 1. The Kier molecular flexibility index (Phi) is 5.04. The fourth-order valence-electron chi connectivity index (χ4n) is 1.65. The van der Waals surface area contributed by atoms with Gasteiger partial charge in [0.25, 0.3) is 5.69 Å². The van der Waals surface area contributed by atoms with Crippen LogP contribution in [0.15, 0.2) is 34.8 Å². The summed E-state index contributed by atoms with van der Waals surface area (Å²) in [5.74, 6) is -1.09. The van der Waals surface area contributed by atoms with Gasteiger partial charge in [-0.15, -0.1) is 11.3 Å². The number of rotatable bonds is 5. The number of nitro groups is 1. The van der Waals surface area contributed by atoms with Crippen molar-refractivity contribution in [2.75, 3.05) is 6.61 Å². The maximum Gasteiger partial charge on any atom is 0.338 e. The number of Topliss-reactive ketones (excluding diaryl/α,β-unsaturated/α-hetero) is 1. The fraction of sp³-hybridized carbons (Fsp3) is 0.143. The van der Waals surface area contributed by atoms with Gasteiger partial charge in [0.15, 0.2) is 6.61 Å². The summed E-state index contributed by atoms with van der Waals surface area (Å²) in [4.78, 5) is 35.4. The zero-order chi connectivity index (χ0) is 16.3. The van der Waals surface area contributed by atoms with Crippen molar-refractivity contribution in [3.05, 3.63) is 60.2 Å². The highest BCUT2D eigenvalue weighted by atomic mass is 79.9. The van der Waals surface area contributed by atoms with E-state index in [0.717, 1.165) is 10.9 Å². The molecule has 0 aliphatic heterocycles. The fourth-order valence-corrected chi connectivity index (χ4v) is 2.83. The number of carbonyl (C=O) groups is 2. The van der Waals surface area contributed by atoms with Crippen LogP contribution in [-0.4, -0.2) is 23.3 Å². The van der Waals surface area contributed by atoms with Crippen LogP contribution in [0.1, 0.15) is 24.9 Å². The SMILES string of the molecule is Cc1ccc(C(=O)COC(=O)c2ccc(Br)c([N+](=O)[O-])c2)s1. The lowest BCUT2D eigenvalue weighted by molar-refractivity contribution is -0.385. The Morgan fingerprint density at radius 1 is 1.32 bits per heavy atom. The first-order valence-electron chi connectivity index (χ1n) is 6.09. The van der Waals surface area contributed by atoms with Gasteiger partial charge in [-0.25, -0.2) is 4.79 Å². The second kappa shape index (κ2) is 6.80. The Hall–Kier alpha value is -2.06. The Balaban J connectivity index is 2.05. The van der Waals surface area contributed by atoms with Crippen LogP contribution in [0, 0.1) is 17.0 Å². The van der Waals surface area contributed by atoms with E-state index in [2.05, 4.69) is 15.9 Å². The van der Waals surface area contributed by atoms with Crippen LogP contribution in [0.4, 0.5) is 5.69 Å². The monoisotopic (exact) mass is 383 g/mol. The van der Waals surface area contributed by atoms with Crippen molar-refractivity contribution >= 4 is 44.7 Å². The summed E-state index contributed by atoms with van der Waals surface area (Å²) in [6, 6.07) is 7.35. The number of ketones is 1. The minimum Gasteiger partial charge on any atom is -0.454 e. The second-order valence-electron chi connectivity index (χ2n) is 4.33. The molecule has 0 spiro atoms. The minimum atomic E-state index is -0.780. The average molecular weight is 384 g/mol. The molecule has 0 N–H and O–H groups in total. The third kappa shape index (κ3) is 3.77. The smallest absolute Gasteiger partial charge is 0.338 e. The second-order valence-corrected chi connectivity index (χ2v) is 6.48. The molecule has 114 valence electrons. The summed E-state index contributed by atoms with van der Waals surface area (Å²) in [5, 5.41) is 10.8. The van der Waals surface area contributed by atoms with Crippen LogP contribution in [0.5, 0.6) is 0 Å². The lowest BCUT2D eigenvalue weighted by Gasteiger charge is -2.04. The Morgan fingerprint density at radius 3 is 2.64 bits per heavy atom. The van der Waals surface area contributed by atoms with Gasteiger partial charge >= 0.3 is 5.97 Å². The first-order valence-corrected chi connectivity index (χ1v) is 7.70. The number of nitro benzene ring substituents is 1. The summed E-state index contributed by atoms with van der Waals surface area (Å²) < 4.78 is 5.17. The molecule has 0 amide bonds. The molecule has 0 fully saturated rings. The normalized spacial score (nSPS) is 10.3. The van der Waals surface area contributed by atoms with Crippen molar-refractivity contribution in [2.45, 2.75) is 6.92 Å². The largest absolute Gasteiger partial charge is 0.454 e. The molecule has 8 heteroatoms. The van der Waals surface area contributed by atoms with Crippen LogP contribution in [0.2, 0.25) is 0 Å². The highest BCUT2D eigenvalue weighted by Crippen LogP contribution is 2.26. The van der Waals surface area contributed by atoms with Crippen molar-refractivity contribution in [1.29, 1.82) is 0 Å². The third-order valence-corrected chi connectivity index (χ3v) is 4.44. The molecule has 0 bridgehead atoms. The summed E-state index contributed by atoms with van der Waals surface area (Å²) in [7, 11) is 0. The van der Waals surface area contributed by atoms with E-state index in [1.165, 1.54) is 23.5 Å². The number of nitrogens with zero attached hydrogens (tertiary/aromatic N) is 1. The number of carbonyl (C=O) groups excluding carboxylic acids is 2. The number of esters is 1. The zero-order valence-electron chi connectivity index (χ0n) is 11.4. The molecule has 6 nitrogen and oxygen atoms in total. The minimum absolute atomic E-state index is 0.0186. The molecular formula is C14H10BrNO5S. The maximum absolute atomic E-state index is 11.9. The number of aryl methyl sites for hydroxylation is 1. The van der Waals surface area contributed by atoms with Crippen molar-refractivity contribution in [3.8, 4) is 0 Å². The van der Waals surface area contributed by atoms with Gasteiger partial charge < -0.3 is 4.74 Å². The van der Waals surface area contributed by atoms with E-state index in [-0.39, 0.29) is 21.5 Å². The molecule has 0 unspecified atom stereocenters. The molecule has 0 radical (unpaired) electrons. The Bertz CT molecular complexity index is 755. The summed E-state index contributed by atoms with van der Waals surface area (Å²) in [6.07, 6.45) is 0. The van der Waals surface area contributed by atoms with Gasteiger partial charge in [0.1, 0.15) is 0 Å². The van der Waals surface area contributed by atoms with Crippen molar-refractivity contribution in [2.24, 2.45) is 0 Å². The van der Waals surface area contributed by atoms with Gasteiger partial charge in [-0.05, 0) is 47.1 Å². The lowest BCUT2D eigenvalue weighted by Crippen LogP contribution is -2.13. The van der Waals surface area contributed by atoms with Crippen molar-refractivity contribution < 1.29 is 19.2 Å². The van der Waals surface area contributed by atoms with Crippen LogP contribution in [0.25, 0.3) is 0 Å². The zero-order valence-corrected chi connectivity index (χ0v) is 13.8. The third-order valence-electron chi connectivity index (χ3n) is 2.73. The van der Waals surface area contributed by atoms with Crippen molar-refractivity contribution in [1.82, 2.24) is 0 Å². The number of benzene rings is 1. The van der Waals surface area contributed by atoms with Gasteiger partial charge in [0.05, 0.1) is 19.8 Å². The van der Waals surface area contributed by atoms with Crippen LogP contribution in [-0.2, 0) is 4.74 Å². The summed E-state index contributed by atoms with van der Waals surface area (Å²) in [6.45, 7) is 1.47. The van der Waals surface area contributed by atoms with Gasteiger partial charge in [-0.3, -0.25) is 14.9 Å². The molecular weight excluding hydrogens is 374 g/mol. The predicted octanol–water partition coefficient (Wildman–Crippen LogP) is 3.77. The molecule has 0 atom stereocenters. The average Bonchev–Trinajstić information content (AvgIpc) is 2.91. The van der Waals surface area contributed by atoms with E-state index in [1.54, 1.807) is 12.1 Å². The molecule has 0 saturated carbocycles. The van der Waals surface area contributed by atoms with Crippen LogP contribution >= 0.6 is 27.3 Å². The first-order chi connectivity index (χ1) is 10.4. The Morgan fingerprint density at radius 2 is 2.05 bits per heavy atom. The molecule has 1 aromatic heterocycles. The van der Waals surface area contributed by atoms with Gasteiger partial charge in [-0.1, -0.05) is 0 Å². The molecule has 0 aliphatic rings. The van der Waals surface area contributed by atoms with Crippen LogP contribution in [0.3, 0.4) is 0 Å². The molecule has 2 rings (SSSR count). The molecule has 22 heavy (non-hydrogen) atoms. The topological polar surface area (TPSA) is 86.5 Å². The maximum atomic E-state index is 11.9. The number of halogens is 1. The quantitative estimate of drug-likeness (QED) is 0.339. The van der Waals surface area contributed by atoms with Crippen LogP contribution < -0.4 is 0 Å². The Labute approximate surface area is 138 Å². The summed E-state index contributed by atoms with van der Waals surface area (Å²) in [5.41, 5.74) is -0.222. The number of hydrogen-bond donors (Lipinski definition) is 0. The first kappa shape index (κ1) is 16.3. The van der Waals surface area contributed by atoms with Gasteiger partial charge in [0.2, 0.25) is 5.78 Å². The van der Waals surface area contributed by atoms with E-state index in [1.807, 2.05) is 6.92 Å². The molecule has 1 aromatic carbocycles. The molecule has 2 aromatic rings. The lowest BCUT2D eigenvalue weighted by atomic mass is 10.2. The van der Waals surface area contributed by atoms with E-state index in [4.69, 9.17) is 4.74 Å². The van der Waals surface area contributed by atoms with E-state index < -0.39 is 17.5 Å².